The Bertz CT molecular complexity index is 1890. The van der Waals surface area contributed by atoms with Gasteiger partial charge in [0, 0.05) is 16.2 Å². The molecular formula is C31H18F3N. The molecule has 1 heterocycles. The molecule has 0 atom stereocenters. The Balaban J connectivity index is 1.59. The molecule has 0 unspecified atom stereocenters. The van der Waals surface area contributed by atoms with Gasteiger partial charge in [-0.15, -0.1) is 0 Å². The number of halogens is 3. The van der Waals surface area contributed by atoms with Gasteiger partial charge in [0.2, 0.25) is 0 Å². The van der Waals surface area contributed by atoms with Crippen molar-refractivity contribution in [3.63, 3.8) is 0 Å². The summed E-state index contributed by atoms with van der Waals surface area (Å²) in [7, 11) is 0. The van der Waals surface area contributed by atoms with Gasteiger partial charge in [-0.2, -0.15) is 13.2 Å². The summed E-state index contributed by atoms with van der Waals surface area (Å²) in [5, 5.41) is 6.90. The molecule has 0 saturated carbocycles. The minimum Gasteiger partial charge on any atom is -0.309 e. The Kier molecular flexibility index (Phi) is 4.07. The van der Waals surface area contributed by atoms with Crippen LogP contribution in [0.2, 0.25) is 0 Å². The quantitative estimate of drug-likeness (QED) is 0.215. The lowest BCUT2D eigenvalue weighted by atomic mass is 9.96. The summed E-state index contributed by atoms with van der Waals surface area (Å²) in [6.45, 7) is 0. The topological polar surface area (TPSA) is 4.93 Å². The molecule has 7 aromatic rings. The van der Waals surface area contributed by atoms with E-state index in [1.54, 1.807) is 12.1 Å². The van der Waals surface area contributed by atoms with Crippen LogP contribution in [0.25, 0.3) is 59.8 Å². The van der Waals surface area contributed by atoms with Crippen LogP contribution in [0.5, 0.6) is 0 Å². The molecule has 0 N–H and O–H groups in total. The van der Waals surface area contributed by atoms with E-state index in [-0.39, 0.29) is 5.39 Å². The fourth-order valence-corrected chi connectivity index (χ4v) is 5.41. The highest BCUT2D eigenvalue weighted by molar-refractivity contribution is 6.12. The molecule has 0 amide bonds. The van der Waals surface area contributed by atoms with Crippen LogP contribution in [-0.4, -0.2) is 4.57 Å². The van der Waals surface area contributed by atoms with Crippen molar-refractivity contribution in [2.75, 3.05) is 0 Å². The predicted molar refractivity (Wildman–Crippen MR) is 138 cm³/mol. The highest BCUT2D eigenvalue weighted by Crippen LogP contribution is 2.39. The monoisotopic (exact) mass is 461 g/mol. The van der Waals surface area contributed by atoms with E-state index in [1.165, 1.54) is 16.8 Å². The molecular weight excluding hydrogens is 443 g/mol. The van der Waals surface area contributed by atoms with E-state index >= 15 is 0 Å². The second-order valence-electron chi connectivity index (χ2n) is 8.94. The van der Waals surface area contributed by atoms with Gasteiger partial charge >= 0.3 is 6.18 Å². The van der Waals surface area contributed by atoms with Crippen molar-refractivity contribution in [2.45, 2.75) is 6.18 Å². The highest BCUT2D eigenvalue weighted by atomic mass is 19.4. The number of hydrogen-bond donors (Lipinski definition) is 0. The number of para-hydroxylation sites is 2. The lowest BCUT2D eigenvalue weighted by molar-refractivity contribution is -0.136. The average molecular weight is 461 g/mol. The number of benzene rings is 6. The van der Waals surface area contributed by atoms with Crippen LogP contribution in [0.15, 0.2) is 109 Å². The van der Waals surface area contributed by atoms with E-state index in [2.05, 4.69) is 47.0 Å². The molecule has 0 fully saturated rings. The van der Waals surface area contributed by atoms with Crippen LogP contribution < -0.4 is 0 Å². The van der Waals surface area contributed by atoms with E-state index in [4.69, 9.17) is 0 Å². The first-order chi connectivity index (χ1) is 17.0. The zero-order valence-corrected chi connectivity index (χ0v) is 18.5. The van der Waals surface area contributed by atoms with Crippen molar-refractivity contribution in [3.05, 3.63) is 115 Å². The molecule has 7 rings (SSSR count). The largest absolute Gasteiger partial charge is 0.417 e. The van der Waals surface area contributed by atoms with Crippen LogP contribution in [-0.2, 0) is 6.18 Å². The summed E-state index contributed by atoms with van der Waals surface area (Å²) in [4.78, 5) is 0. The van der Waals surface area contributed by atoms with E-state index in [0.717, 1.165) is 44.3 Å². The number of hydrogen-bond acceptors (Lipinski definition) is 0. The normalized spacial score (nSPS) is 12.4. The molecule has 0 bridgehead atoms. The van der Waals surface area contributed by atoms with Crippen LogP contribution in [0.4, 0.5) is 13.2 Å². The third kappa shape index (κ3) is 2.96. The van der Waals surface area contributed by atoms with Crippen LogP contribution in [0, 0.1) is 0 Å². The van der Waals surface area contributed by atoms with Gasteiger partial charge in [0.1, 0.15) is 0 Å². The Morgan fingerprint density at radius 2 is 1.00 bits per heavy atom. The standard InChI is InChI=1S/C31H18F3N/c32-31(33,34)27-11-5-7-19-15-21-16-20-8-6-14-30(26(20)18-22(21)17-25(19)27)35-28-12-3-1-9-23(28)24-10-2-4-13-29(24)35/h1-18H. The van der Waals surface area contributed by atoms with Crippen molar-refractivity contribution in [1.29, 1.82) is 0 Å². The van der Waals surface area contributed by atoms with E-state index in [9.17, 15) is 13.2 Å². The van der Waals surface area contributed by atoms with Crippen LogP contribution in [0.1, 0.15) is 5.56 Å². The summed E-state index contributed by atoms with van der Waals surface area (Å²) in [5.41, 5.74) is 2.59. The van der Waals surface area contributed by atoms with Crippen molar-refractivity contribution in [3.8, 4) is 5.69 Å². The van der Waals surface area contributed by atoms with Crippen molar-refractivity contribution >= 4 is 54.1 Å². The van der Waals surface area contributed by atoms with Crippen LogP contribution in [0.3, 0.4) is 0 Å². The number of rotatable bonds is 1. The zero-order valence-electron chi connectivity index (χ0n) is 18.5. The van der Waals surface area contributed by atoms with Gasteiger partial charge in [0.25, 0.3) is 0 Å². The first kappa shape index (κ1) is 20.1. The molecule has 0 aliphatic rings. The average Bonchev–Trinajstić information content (AvgIpc) is 3.19. The minimum absolute atomic E-state index is 0.223. The van der Waals surface area contributed by atoms with Gasteiger partial charge in [0.15, 0.2) is 0 Å². The third-order valence-electron chi connectivity index (χ3n) is 6.94. The summed E-state index contributed by atoms with van der Waals surface area (Å²) in [6.07, 6.45) is -4.40. The smallest absolute Gasteiger partial charge is 0.309 e. The van der Waals surface area contributed by atoms with Gasteiger partial charge in [0.05, 0.1) is 22.3 Å². The van der Waals surface area contributed by atoms with Crippen LogP contribution >= 0.6 is 0 Å². The molecule has 168 valence electrons. The molecule has 0 aliphatic carbocycles. The summed E-state index contributed by atoms with van der Waals surface area (Å²) in [6, 6.07) is 34.8. The first-order valence-corrected chi connectivity index (χ1v) is 11.4. The summed E-state index contributed by atoms with van der Waals surface area (Å²) in [5.74, 6) is 0. The van der Waals surface area contributed by atoms with Crippen molar-refractivity contribution < 1.29 is 13.2 Å². The number of nitrogens with zero attached hydrogens (tertiary/aromatic N) is 1. The molecule has 4 heteroatoms. The molecule has 1 nitrogen and oxygen atoms in total. The molecule has 1 aromatic heterocycles. The van der Waals surface area contributed by atoms with Gasteiger partial charge in [-0.25, -0.2) is 0 Å². The fourth-order valence-electron chi connectivity index (χ4n) is 5.41. The Labute approximate surface area is 198 Å². The summed E-state index contributed by atoms with van der Waals surface area (Å²) >= 11 is 0. The van der Waals surface area contributed by atoms with Gasteiger partial charge in [-0.1, -0.05) is 60.7 Å². The summed E-state index contributed by atoms with van der Waals surface area (Å²) < 4.78 is 43.4. The SMILES string of the molecule is FC(F)(F)c1cccc2cc3cc4cccc(-n5c6ccccc6c6ccccc65)c4cc3cc12. The second-order valence-corrected chi connectivity index (χ2v) is 8.94. The van der Waals surface area contributed by atoms with Crippen molar-refractivity contribution in [2.24, 2.45) is 0 Å². The fraction of sp³-hybridized carbons (Fsp3) is 0.0323. The maximum atomic E-state index is 13.7. The maximum Gasteiger partial charge on any atom is 0.417 e. The number of aromatic nitrogens is 1. The maximum absolute atomic E-state index is 13.7. The Morgan fingerprint density at radius 1 is 0.457 bits per heavy atom. The molecule has 0 aliphatic heterocycles. The van der Waals surface area contributed by atoms with Gasteiger partial charge in [-0.05, 0) is 75.5 Å². The number of fused-ring (bicyclic) bond motifs is 6. The van der Waals surface area contributed by atoms with E-state index in [0.29, 0.717) is 5.39 Å². The Morgan fingerprint density at radius 3 is 1.66 bits per heavy atom. The molecule has 35 heavy (non-hydrogen) atoms. The third-order valence-corrected chi connectivity index (χ3v) is 6.94. The number of alkyl halides is 3. The molecule has 0 saturated heterocycles. The lowest BCUT2D eigenvalue weighted by Crippen LogP contribution is -2.05. The van der Waals surface area contributed by atoms with Gasteiger partial charge < -0.3 is 4.57 Å². The Hall–Kier alpha value is -4.31. The van der Waals surface area contributed by atoms with Crippen molar-refractivity contribution in [1.82, 2.24) is 4.57 Å². The molecule has 0 radical (unpaired) electrons. The highest BCUT2D eigenvalue weighted by Gasteiger charge is 2.32. The minimum atomic E-state index is -4.40. The zero-order chi connectivity index (χ0) is 23.7. The predicted octanol–water partition coefficient (Wildman–Crippen LogP) is 9.26. The van der Waals surface area contributed by atoms with Gasteiger partial charge in [-0.3, -0.25) is 0 Å². The van der Waals surface area contributed by atoms with E-state index in [1.807, 2.05) is 42.5 Å². The van der Waals surface area contributed by atoms with E-state index < -0.39 is 11.7 Å². The second kappa shape index (κ2) is 7.09. The lowest BCUT2D eigenvalue weighted by Gasteiger charge is -2.14. The first-order valence-electron chi connectivity index (χ1n) is 11.4. The molecule has 6 aromatic carbocycles. The molecule has 0 spiro atoms.